The standard InChI is InChI=1S/C18H19FN2O5/c1-24-8-9-25-18(23)21-15-6-3-5-14(11-15)20-17(22)12-26-16-7-2-4-13(19)10-16/h2-7,10-11H,8-9,12H2,1H3,(H,20,22)(H,21,23). The molecule has 2 amide bonds. The summed E-state index contributed by atoms with van der Waals surface area (Å²) < 4.78 is 27.9. The van der Waals surface area contributed by atoms with E-state index in [1.54, 1.807) is 30.3 Å². The van der Waals surface area contributed by atoms with Crippen molar-refractivity contribution in [3.63, 3.8) is 0 Å². The molecule has 0 unspecified atom stereocenters. The zero-order valence-corrected chi connectivity index (χ0v) is 14.2. The molecular weight excluding hydrogens is 343 g/mol. The van der Waals surface area contributed by atoms with Crippen molar-refractivity contribution in [1.29, 1.82) is 0 Å². The van der Waals surface area contributed by atoms with Crippen molar-refractivity contribution in [3.05, 3.63) is 54.3 Å². The minimum atomic E-state index is -0.625. The molecule has 26 heavy (non-hydrogen) atoms. The van der Waals surface area contributed by atoms with Crippen molar-refractivity contribution in [2.75, 3.05) is 37.6 Å². The predicted molar refractivity (Wildman–Crippen MR) is 93.8 cm³/mol. The quantitative estimate of drug-likeness (QED) is 0.705. The summed E-state index contributed by atoms with van der Waals surface area (Å²) in [5.41, 5.74) is 0.920. The molecule has 0 bridgehead atoms. The molecule has 0 spiro atoms. The molecule has 8 heteroatoms. The van der Waals surface area contributed by atoms with Gasteiger partial charge in [-0.3, -0.25) is 10.1 Å². The van der Waals surface area contributed by atoms with Gasteiger partial charge in [0.2, 0.25) is 0 Å². The molecule has 0 heterocycles. The first-order valence-electron chi connectivity index (χ1n) is 7.78. The fourth-order valence-corrected chi connectivity index (χ4v) is 1.95. The van der Waals surface area contributed by atoms with Gasteiger partial charge >= 0.3 is 6.09 Å². The Kier molecular flexibility index (Phi) is 7.38. The van der Waals surface area contributed by atoms with Crippen molar-refractivity contribution >= 4 is 23.4 Å². The highest BCUT2D eigenvalue weighted by atomic mass is 19.1. The number of halogens is 1. The average Bonchev–Trinajstić information content (AvgIpc) is 2.60. The van der Waals surface area contributed by atoms with Crippen LogP contribution in [-0.4, -0.2) is 38.9 Å². The molecule has 2 aromatic rings. The zero-order chi connectivity index (χ0) is 18.8. The van der Waals surface area contributed by atoms with E-state index in [-0.39, 0.29) is 19.0 Å². The first-order chi connectivity index (χ1) is 12.6. The second kappa shape index (κ2) is 10.00. The van der Waals surface area contributed by atoms with Gasteiger partial charge in [-0.2, -0.15) is 0 Å². The van der Waals surface area contributed by atoms with E-state index in [4.69, 9.17) is 14.2 Å². The van der Waals surface area contributed by atoms with E-state index in [9.17, 15) is 14.0 Å². The number of carbonyl (C=O) groups excluding carboxylic acids is 2. The lowest BCUT2D eigenvalue weighted by Gasteiger charge is -2.10. The highest BCUT2D eigenvalue weighted by Crippen LogP contribution is 2.16. The topological polar surface area (TPSA) is 85.9 Å². The van der Waals surface area contributed by atoms with Crippen LogP contribution in [0.2, 0.25) is 0 Å². The molecule has 0 aliphatic heterocycles. The number of carbonyl (C=O) groups is 2. The number of hydrogen-bond donors (Lipinski definition) is 2. The first-order valence-corrected chi connectivity index (χ1v) is 7.78. The monoisotopic (exact) mass is 362 g/mol. The third-order valence-electron chi connectivity index (χ3n) is 3.08. The van der Waals surface area contributed by atoms with Crippen molar-refractivity contribution in [3.8, 4) is 5.75 Å². The van der Waals surface area contributed by atoms with Crippen molar-refractivity contribution in [1.82, 2.24) is 0 Å². The van der Waals surface area contributed by atoms with Gasteiger partial charge in [-0.1, -0.05) is 12.1 Å². The molecule has 0 radical (unpaired) electrons. The van der Waals surface area contributed by atoms with Crippen LogP contribution in [0.15, 0.2) is 48.5 Å². The van der Waals surface area contributed by atoms with Gasteiger partial charge in [-0.25, -0.2) is 9.18 Å². The van der Waals surface area contributed by atoms with Crippen LogP contribution in [0.25, 0.3) is 0 Å². The summed E-state index contributed by atoms with van der Waals surface area (Å²) in [5, 5.41) is 5.16. The van der Waals surface area contributed by atoms with Crippen LogP contribution in [0.5, 0.6) is 5.75 Å². The summed E-state index contributed by atoms with van der Waals surface area (Å²) in [6.07, 6.45) is -0.625. The number of benzene rings is 2. The largest absolute Gasteiger partial charge is 0.484 e. The summed E-state index contributed by atoms with van der Waals surface area (Å²) in [6.45, 7) is 0.158. The van der Waals surface area contributed by atoms with Crippen LogP contribution >= 0.6 is 0 Å². The second-order valence-corrected chi connectivity index (χ2v) is 5.13. The lowest BCUT2D eigenvalue weighted by Crippen LogP contribution is -2.20. The van der Waals surface area contributed by atoms with Crippen molar-refractivity contribution in [2.45, 2.75) is 0 Å². The number of amides is 2. The Morgan fingerprint density at radius 2 is 1.73 bits per heavy atom. The van der Waals surface area contributed by atoms with Crippen LogP contribution in [0.1, 0.15) is 0 Å². The van der Waals surface area contributed by atoms with E-state index in [1.165, 1.54) is 25.3 Å². The van der Waals surface area contributed by atoms with Gasteiger partial charge in [0.05, 0.1) is 6.61 Å². The van der Waals surface area contributed by atoms with Crippen LogP contribution in [-0.2, 0) is 14.3 Å². The van der Waals surface area contributed by atoms with E-state index in [0.717, 1.165) is 0 Å². The normalized spacial score (nSPS) is 10.1. The lowest BCUT2D eigenvalue weighted by atomic mass is 10.2. The molecule has 0 fully saturated rings. The van der Waals surface area contributed by atoms with E-state index in [0.29, 0.717) is 18.0 Å². The van der Waals surface area contributed by atoms with Gasteiger partial charge in [0, 0.05) is 24.6 Å². The van der Waals surface area contributed by atoms with Crippen molar-refractivity contribution < 1.29 is 28.2 Å². The summed E-state index contributed by atoms with van der Waals surface area (Å²) in [6, 6.07) is 12.0. The summed E-state index contributed by atoms with van der Waals surface area (Å²) >= 11 is 0. The molecule has 0 saturated carbocycles. The highest BCUT2D eigenvalue weighted by molar-refractivity contribution is 5.93. The third kappa shape index (κ3) is 6.78. The first kappa shape index (κ1) is 19.2. The molecule has 0 saturated heterocycles. The maximum atomic E-state index is 13.1. The number of hydrogen-bond acceptors (Lipinski definition) is 5. The Balaban J connectivity index is 1.83. The Morgan fingerprint density at radius 3 is 2.46 bits per heavy atom. The second-order valence-electron chi connectivity index (χ2n) is 5.13. The molecule has 7 nitrogen and oxygen atoms in total. The number of anilines is 2. The molecule has 0 aliphatic carbocycles. The molecule has 2 rings (SSSR count). The van der Waals surface area contributed by atoms with E-state index in [1.807, 2.05) is 0 Å². The average molecular weight is 362 g/mol. The SMILES string of the molecule is COCCOC(=O)Nc1cccc(NC(=O)COc2cccc(F)c2)c1. The van der Waals surface area contributed by atoms with Gasteiger partial charge in [0.25, 0.3) is 5.91 Å². The Morgan fingerprint density at radius 1 is 1.00 bits per heavy atom. The molecule has 0 aromatic heterocycles. The van der Waals surface area contributed by atoms with Crippen LogP contribution < -0.4 is 15.4 Å². The van der Waals surface area contributed by atoms with Crippen LogP contribution in [0, 0.1) is 5.82 Å². The summed E-state index contributed by atoms with van der Waals surface area (Å²) in [7, 11) is 1.51. The summed E-state index contributed by atoms with van der Waals surface area (Å²) in [4.78, 5) is 23.5. The fraction of sp³-hybridized carbons (Fsp3) is 0.222. The maximum Gasteiger partial charge on any atom is 0.411 e. The zero-order valence-electron chi connectivity index (χ0n) is 14.2. The van der Waals surface area contributed by atoms with Crippen molar-refractivity contribution in [2.24, 2.45) is 0 Å². The Labute approximate surface area is 150 Å². The lowest BCUT2D eigenvalue weighted by molar-refractivity contribution is -0.118. The van der Waals surface area contributed by atoms with Gasteiger partial charge in [0.1, 0.15) is 18.2 Å². The predicted octanol–water partition coefficient (Wildman–Crippen LogP) is 3.04. The minimum Gasteiger partial charge on any atom is -0.484 e. The number of nitrogens with one attached hydrogen (secondary N) is 2. The molecule has 0 atom stereocenters. The molecule has 2 aromatic carbocycles. The van der Waals surface area contributed by atoms with Gasteiger partial charge in [0.15, 0.2) is 6.61 Å². The van der Waals surface area contributed by atoms with Crippen LogP contribution in [0.4, 0.5) is 20.6 Å². The number of methoxy groups -OCH3 is 1. The molecule has 0 aliphatic rings. The van der Waals surface area contributed by atoms with Gasteiger partial charge in [-0.15, -0.1) is 0 Å². The maximum absolute atomic E-state index is 13.1. The number of rotatable bonds is 8. The smallest absolute Gasteiger partial charge is 0.411 e. The highest BCUT2D eigenvalue weighted by Gasteiger charge is 2.07. The third-order valence-corrected chi connectivity index (χ3v) is 3.08. The van der Waals surface area contributed by atoms with E-state index >= 15 is 0 Å². The van der Waals surface area contributed by atoms with Gasteiger partial charge < -0.3 is 19.5 Å². The van der Waals surface area contributed by atoms with Crippen LogP contribution in [0.3, 0.4) is 0 Å². The summed E-state index contributed by atoms with van der Waals surface area (Å²) in [5.74, 6) is -0.609. The van der Waals surface area contributed by atoms with Gasteiger partial charge in [-0.05, 0) is 30.3 Å². The molecule has 138 valence electrons. The van der Waals surface area contributed by atoms with E-state index in [2.05, 4.69) is 10.6 Å². The van der Waals surface area contributed by atoms with E-state index < -0.39 is 17.8 Å². The molecule has 2 N–H and O–H groups in total. The minimum absolute atomic E-state index is 0.135. The fourth-order valence-electron chi connectivity index (χ4n) is 1.95. The number of ether oxygens (including phenoxy) is 3. The Hall–Kier alpha value is -3.13. The Bertz CT molecular complexity index is 754. The molecular formula is C18H19FN2O5.